The Balaban J connectivity index is 2.54. The number of benzene rings is 1. The van der Waals surface area contributed by atoms with E-state index < -0.39 is 0 Å². The number of nitrogen functional groups attached to an aromatic ring is 1. The first kappa shape index (κ1) is 10.2. The smallest absolute Gasteiger partial charge is 0.143 e. The van der Waals surface area contributed by atoms with Crippen molar-refractivity contribution in [3.63, 3.8) is 0 Å². The molecule has 0 saturated carbocycles. The average Bonchev–Trinajstić information content (AvgIpc) is 2.19. The summed E-state index contributed by atoms with van der Waals surface area (Å²) in [6.07, 6.45) is 2.05. The Kier molecular flexibility index (Phi) is 4.49. The zero-order valence-electron chi connectivity index (χ0n) is 7.62. The number of hydrazine groups is 1. The van der Waals surface area contributed by atoms with Gasteiger partial charge in [0.1, 0.15) is 5.75 Å². The van der Waals surface area contributed by atoms with Crippen molar-refractivity contribution >= 4 is 17.4 Å². The van der Waals surface area contributed by atoms with E-state index in [1.54, 1.807) is 11.8 Å². The van der Waals surface area contributed by atoms with E-state index in [0.717, 1.165) is 17.2 Å². The number of nitrogens with two attached hydrogens (primary N) is 1. The second-order valence-corrected chi connectivity index (χ2v) is 3.47. The molecule has 1 aromatic carbocycles. The van der Waals surface area contributed by atoms with Crippen molar-refractivity contribution in [3.05, 3.63) is 24.3 Å². The molecule has 0 unspecified atom stereocenters. The second-order valence-electron chi connectivity index (χ2n) is 2.48. The second kappa shape index (κ2) is 5.72. The molecule has 1 aromatic rings. The van der Waals surface area contributed by atoms with Gasteiger partial charge >= 0.3 is 0 Å². The molecule has 4 heteroatoms. The Morgan fingerprint density at radius 3 is 2.92 bits per heavy atom. The van der Waals surface area contributed by atoms with Crippen molar-refractivity contribution in [2.24, 2.45) is 5.84 Å². The maximum atomic E-state index is 5.51. The topological polar surface area (TPSA) is 47.3 Å². The zero-order valence-corrected chi connectivity index (χ0v) is 8.43. The van der Waals surface area contributed by atoms with Crippen LogP contribution in [0.25, 0.3) is 0 Å². The molecule has 72 valence electrons. The number of hydrogen-bond donors (Lipinski definition) is 2. The summed E-state index contributed by atoms with van der Waals surface area (Å²) in [7, 11) is 0. The number of nitrogens with one attached hydrogen (secondary N) is 1. The molecule has 0 bridgehead atoms. The first-order valence-corrected chi connectivity index (χ1v) is 5.45. The molecule has 0 aromatic heterocycles. The van der Waals surface area contributed by atoms with E-state index in [2.05, 4.69) is 11.7 Å². The SMILES string of the molecule is CSCCOc1ccccc1NN. The van der Waals surface area contributed by atoms with E-state index in [1.807, 2.05) is 24.3 Å². The summed E-state index contributed by atoms with van der Waals surface area (Å²) in [5.74, 6) is 7.11. The van der Waals surface area contributed by atoms with Crippen LogP contribution >= 0.6 is 11.8 Å². The molecule has 0 amide bonds. The van der Waals surface area contributed by atoms with Crippen LogP contribution in [0.15, 0.2) is 24.3 Å². The van der Waals surface area contributed by atoms with Crippen LogP contribution in [-0.2, 0) is 0 Å². The van der Waals surface area contributed by atoms with Crippen LogP contribution in [0.4, 0.5) is 5.69 Å². The molecule has 0 fully saturated rings. The summed E-state index contributed by atoms with van der Waals surface area (Å²) in [6.45, 7) is 0.708. The Bertz CT molecular complexity index is 255. The molecule has 0 atom stereocenters. The molecule has 0 aliphatic rings. The summed E-state index contributed by atoms with van der Waals surface area (Å²) in [4.78, 5) is 0. The van der Waals surface area contributed by atoms with Gasteiger partial charge in [0, 0.05) is 5.75 Å². The van der Waals surface area contributed by atoms with Crippen molar-refractivity contribution in [2.75, 3.05) is 24.0 Å². The van der Waals surface area contributed by atoms with Crippen LogP contribution in [0, 0.1) is 0 Å². The van der Waals surface area contributed by atoms with Crippen LogP contribution in [-0.4, -0.2) is 18.6 Å². The van der Waals surface area contributed by atoms with Crippen molar-refractivity contribution in [3.8, 4) is 5.75 Å². The maximum Gasteiger partial charge on any atom is 0.143 e. The molecule has 3 nitrogen and oxygen atoms in total. The fourth-order valence-corrected chi connectivity index (χ4v) is 1.20. The minimum atomic E-state index is 0.708. The monoisotopic (exact) mass is 198 g/mol. The largest absolute Gasteiger partial charge is 0.491 e. The third-order valence-corrected chi connectivity index (χ3v) is 2.16. The van der Waals surface area contributed by atoms with E-state index in [1.165, 1.54) is 0 Å². The molecule has 0 saturated heterocycles. The summed E-state index contributed by atoms with van der Waals surface area (Å²) >= 11 is 1.76. The highest BCUT2D eigenvalue weighted by molar-refractivity contribution is 7.98. The van der Waals surface area contributed by atoms with Crippen molar-refractivity contribution in [1.29, 1.82) is 0 Å². The molecule has 0 aliphatic carbocycles. The number of anilines is 1. The van der Waals surface area contributed by atoms with Gasteiger partial charge in [0.15, 0.2) is 0 Å². The van der Waals surface area contributed by atoms with Crippen LogP contribution in [0.1, 0.15) is 0 Å². The Morgan fingerprint density at radius 2 is 2.23 bits per heavy atom. The average molecular weight is 198 g/mol. The highest BCUT2D eigenvalue weighted by Gasteiger charge is 1.99. The third-order valence-electron chi connectivity index (χ3n) is 1.59. The quantitative estimate of drug-likeness (QED) is 0.429. The lowest BCUT2D eigenvalue weighted by molar-refractivity contribution is 0.345. The van der Waals surface area contributed by atoms with Crippen LogP contribution in [0.2, 0.25) is 0 Å². The fourth-order valence-electron chi connectivity index (χ4n) is 0.947. The lowest BCUT2D eigenvalue weighted by Crippen LogP contribution is -2.09. The number of thioether (sulfide) groups is 1. The van der Waals surface area contributed by atoms with Gasteiger partial charge in [0.25, 0.3) is 0 Å². The molecular weight excluding hydrogens is 184 g/mol. The van der Waals surface area contributed by atoms with E-state index in [9.17, 15) is 0 Å². The van der Waals surface area contributed by atoms with Crippen LogP contribution < -0.4 is 16.0 Å². The molecular formula is C9H14N2OS. The number of para-hydroxylation sites is 2. The van der Waals surface area contributed by atoms with Crippen molar-refractivity contribution in [2.45, 2.75) is 0 Å². The fraction of sp³-hybridized carbons (Fsp3) is 0.333. The maximum absolute atomic E-state index is 5.51. The van der Waals surface area contributed by atoms with Crippen molar-refractivity contribution < 1.29 is 4.74 Å². The van der Waals surface area contributed by atoms with Gasteiger partial charge in [-0.3, -0.25) is 5.84 Å². The van der Waals surface area contributed by atoms with Gasteiger partial charge in [0.05, 0.1) is 12.3 Å². The molecule has 0 radical (unpaired) electrons. The zero-order chi connectivity index (χ0) is 9.52. The first-order chi connectivity index (χ1) is 6.38. The van der Waals surface area contributed by atoms with Crippen LogP contribution in [0.5, 0.6) is 5.75 Å². The lowest BCUT2D eigenvalue weighted by atomic mass is 10.3. The lowest BCUT2D eigenvalue weighted by Gasteiger charge is -2.09. The van der Waals surface area contributed by atoms with Gasteiger partial charge in [0.2, 0.25) is 0 Å². The standard InChI is InChI=1S/C9H14N2OS/c1-13-7-6-12-9-5-3-2-4-8(9)11-10/h2-5,11H,6-7,10H2,1H3. The third kappa shape index (κ3) is 3.16. The van der Waals surface area contributed by atoms with Crippen molar-refractivity contribution in [1.82, 2.24) is 0 Å². The molecule has 13 heavy (non-hydrogen) atoms. The summed E-state index contributed by atoms with van der Waals surface area (Å²) < 4.78 is 5.51. The Morgan fingerprint density at radius 1 is 1.46 bits per heavy atom. The van der Waals surface area contributed by atoms with Gasteiger partial charge in [-0.2, -0.15) is 11.8 Å². The van der Waals surface area contributed by atoms with E-state index >= 15 is 0 Å². The Hall–Kier alpha value is -0.870. The summed E-state index contributed by atoms with van der Waals surface area (Å²) in [6, 6.07) is 7.62. The minimum absolute atomic E-state index is 0.708. The van der Waals surface area contributed by atoms with Gasteiger partial charge < -0.3 is 10.2 Å². The summed E-state index contributed by atoms with van der Waals surface area (Å²) in [5, 5.41) is 0. The van der Waals surface area contributed by atoms with E-state index in [4.69, 9.17) is 10.6 Å². The van der Waals surface area contributed by atoms with E-state index in [0.29, 0.717) is 6.61 Å². The Labute approximate surface area is 82.6 Å². The molecule has 0 heterocycles. The number of hydrogen-bond acceptors (Lipinski definition) is 4. The highest BCUT2D eigenvalue weighted by atomic mass is 32.2. The van der Waals surface area contributed by atoms with Gasteiger partial charge in [-0.05, 0) is 18.4 Å². The molecule has 1 rings (SSSR count). The molecule has 3 N–H and O–H groups in total. The first-order valence-electron chi connectivity index (χ1n) is 4.06. The normalized spacial score (nSPS) is 9.69. The van der Waals surface area contributed by atoms with Gasteiger partial charge in [-0.1, -0.05) is 12.1 Å². The van der Waals surface area contributed by atoms with Gasteiger partial charge in [-0.25, -0.2) is 0 Å². The van der Waals surface area contributed by atoms with Gasteiger partial charge in [-0.15, -0.1) is 0 Å². The predicted molar refractivity (Wildman–Crippen MR) is 58.1 cm³/mol. The minimum Gasteiger partial charge on any atom is -0.491 e. The highest BCUT2D eigenvalue weighted by Crippen LogP contribution is 2.22. The number of ether oxygens (including phenoxy) is 1. The van der Waals surface area contributed by atoms with Crippen LogP contribution in [0.3, 0.4) is 0 Å². The van der Waals surface area contributed by atoms with E-state index in [-0.39, 0.29) is 0 Å². The molecule has 0 spiro atoms. The predicted octanol–water partition coefficient (Wildman–Crippen LogP) is 1.71. The summed E-state index contributed by atoms with van der Waals surface area (Å²) in [5.41, 5.74) is 3.41. The number of rotatable bonds is 5. The molecule has 0 aliphatic heterocycles.